The standard InChI is InChI=1S/C16H13N3O3.ClH/c17-10-4-5-11-14-8(10)2-1-3-9(14)16(22)19(11)12-6-7-13(20)18-15(12)21;/h1-5,12H,6-7,17H2,(H,18,20,21);1H. The summed E-state index contributed by atoms with van der Waals surface area (Å²) in [6.45, 7) is 0. The van der Waals surface area contributed by atoms with Crippen molar-refractivity contribution in [1.82, 2.24) is 5.32 Å². The first-order valence-electron chi connectivity index (χ1n) is 7.06. The van der Waals surface area contributed by atoms with Gasteiger partial charge in [-0.2, -0.15) is 0 Å². The average molecular weight is 332 g/mol. The Labute approximate surface area is 138 Å². The van der Waals surface area contributed by atoms with Crippen LogP contribution in [0.25, 0.3) is 10.8 Å². The fraction of sp³-hybridized carbons (Fsp3) is 0.188. The van der Waals surface area contributed by atoms with Crippen LogP contribution in [0.3, 0.4) is 0 Å². The fourth-order valence-electron chi connectivity index (χ4n) is 3.27. The molecule has 1 atom stereocenters. The molecule has 3 N–H and O–H groups in total. The molecule has 4 rings (SSSR count). The number of nitrogen functional groups attached to an aromatic ring is 1. The summed E-state index contributed by atoms with van der Waals surface area (Å²) < 4.78 is 0. The van der Waals surface area contributed by atoms with E-state index in [-0.39, 0.29) is 30.6 Å². The Hall–Kier alpha value is -2.60. The molecule has 0 spiro atoms. The molecule has 0 aromatic heterocycles. The predicted octanol–water partition coefficient (Wildman–Crippen LogP) is 1.61. The second-order valence-electron chi connectivity index (χ2n) is 5.54. The van der Waals surface area contributed by atoms with Crippen molar-refractivity contribution in [3.63, 3.8) is 0 Å². The number of halogens is 1. The molecule has 0 bridgehead atoms. The van der Waals surface area contributed by atoms with Crippen molar-refractivity contribution in [3.8, 4) is 0 Å². The van der Waals surface area contributed by atoms with Gasteiger partial charge in [-0.25, -0.2) is 0 Å². The molecule has 2 aliphatic heterocycles. The number of carbonyl (C=O) groups is 3. The van der Waals surface area contributed by atoms with Gasteiger partial charge in [0.15, 0.2) is 0 Å². The lowest BCUT2D eigenvalue weighted by Gasteiger charge is -2.30. The molecule has 2 aromatic rings. The molecule has 118 valence electrons. The average Bonchev–Trinajstić information content (AvgIpc) is 2.78. The van der Waals surface area contributed by atoms with Crippen LogP contribution >= 0.6 is 12.4 Å². The molecular weight excluding hydrogens is 318 g/mol. The summed E-state index contributed by atoms with van der Waals surface area (Å²) in [6.07, 6.45) is 0.560. The number of nitrogens with zero attached hydrogens (tertiary/aromatic N) is 1. The quantitative estimate of drug-likeness (QED) is 0.613. The van der Waals surface area contributed by atoms with Crippen molar-refractivity contribution >= 4 is 52.3 Å². The molecule has 6 nitrogen and oxygen atoms in total. The van der Waals surface area contributed by atoms with E-state index in [1.807, 2.05) is 6.07 Å². The van der Waals surface area contributed by atoms with Gasteiger partial charge in [-0.1, -0.05) is 12.1 Å². The summed E-state index contributed by atoms with van der Waals surface area (Å²) in [5, 5.41) is 3.88. The van der Waals surface area contributed by atoms with Crippen LogP contribution < -0.4 is 16.0 Å². The van der Waals surface area contributed by atoms with Crippen LogP contribution in [0.5, 0.6) is 0 Å². The summed E-state index contributed by atoms with van der Waals surface area (Å²) in [5.41, 5.74) is 7.80. The second kappa shape index (κ2) is 5.24. The van der Waals surface area contributed by atoms with E-state index in [0.717, 1.165) is 10.8 Å². The number of rotatable bonds is 1. The predicted molar refractivity (Wildman–Crippen MR) is 88.6 cm³/mol. The van der Waals surface area contributed by atoms with Gasteiger partial charge in [-0.15, -0.1) is 12.4 Å². The highest BCUT2D eigenvalue weighted by Gasteiger charge is 2.40. The van der Waals surface area contributed by atoms with Crippen molar-refractivity contribution in [2.24, 2.45) is 0 Å². The SMILES string of the molecule is Cl.Nc1ccc2c3c(cccc13)C(=O)N2C1CCC(=O)NC1=O. The van der Waals surface area contributed by atoms with E-state index in [0.29, 0.717) is 23.4 Å². The molecular formula is C16H14ClN3O3. The van der Waals surface area contributed by atoms with Gasteiger partial charge in [0, 0.05) is 28.4 Å². The molecule has 2 heterocycles. The van der Waals surface area contributed by atoms with E-state index in [9.17, 15) is 14.4 Å². The first kappa shape index (κ1) is 15.3. The van der Waals surface area contributed by atoms with Crippen LogP contribution in [0.15, 0.2) is 30.3 Å². The zero-order valence-electron chi connectivity index (χ0n) is 12.0. The molecule has 2 aromatic carbocycles. The zero-order valence-corrected chi connectivity index (χ0v) is 12.9. The Balaban J connectivity index is 0.00000156. The van der Waals surface area contributed by atoms with Crippen LogP contribution in [0.1, 0.15) is 23.2 Å². The number of piperidine rings is 1. The molecule has 0 radical (unpaired) electrons. The molecule has 23 heavy (non-hydrogen) atoms. The largest absolute Gasteiger partial charge is 0.398 e. The van der Waals surface area contributed by atoms with Gasteiger partial charge in [0.25, 0.3) is 5.91 Å². The van der Waals surface area contributed by atoms with Gasteiger partial charge in [-0.05, 0) is 24.6 Å². The Kier molecular flexibility index (Phi) is 3.49. The molecule has 7 heteroatoms. The van der Waals surface area contributed by atoms with Crippen LogP contribution in [-0.4, -0.2) is 23.8 Å². The third kappa shape index (κ3) is 2.06. The Morgan fingerprint density at radius 2 is 1.91 bits per heavy atom. The molecule has 1 saturated heterocycles. The lowest BCUT2D eigenvalue weighted by Crippen LogP contribution is -2.53. The van der Waals surface area contributed by atoms with Crippen molar-refractivity contribution in [3.05, 3.63) is 35.9 Å². The normalized spacial score (nSPS) is 19.7. The second-order valence-corrected chi connectivity index (χ2v) is 5.54. The van der Waals surface area contributed by atoms with Gasteiger partial charge >= 0.3 is 0 Å². The number of hydrogen-bond donors (Lipinski definition) is 2. The zero-order chi connectivity index (χ0) is 15.4. The van der Waals surface area contributed by atoms with Gasteiger partial charge < -0.3 is 5.73 Å². The molecule has 1 fully saturated rings. The topological polar surface area (TPSA) is 92.5 Å². The van der Waals surface area contributed by atoms with E-state index >= 15 is 0 Å². The lowest BCUT2D eigenvalue weighted by atomic mass is 10.0. The summed E-state index contributed by atoms with van der Waals surface area (Å²) in [4.78, 5) is 37.7. The summed E-state index contributed by atoms with van der Waals surface area (Å²) in [5.74, 6) is -0.948. The van der Waals surface area contributed by atoms with E-state index in [1.165, 1.54) is 4.90 Å². The highest BCUT2D eigenvalue weighted by molar-refractivity contribution is 6.28. The maximum atomic E-state index is 12.7. The number of nitrogens with two attached hydrogens (primary N) is 1. The van der Waals surface area contributed by atoms with Crippen LogP contribution in [-0.2, 0) is 9.59 Å². The minimum absolute atomic E-state index is 0. The van der Waals surface area contributed by atoms with Gasteiger partial charge in [0.2, 0.25) is 11.8 Å². The van der Waals surface area contributed by atoms with Crippen LogP contribution in [0.2, 0.25) is 0 Å². The molecule has 0 aliphatic carbocycles. The first-order chi connectivity index (χ1) is 10.6. The molecule has 2 aliphatic rings. The Morgan fingerprint density at radius 1 is 1.13 bits per heavy atom. The van der Waals surface area contributed by atoms with Gasteiger partial charge in [-0.3, -0.25) is 24.6 Å². The van der Waals surface area contributed by atoms with Crippen molar-refractivity contribution in [2.45, 2.75) is 18.9 Å². The number of benzene rings is 2. The highest BCUT2D eigenvalue weighted by Crippen LogP contribution is 2.41. The molecule has 1 unspecified atom stereocenters. The van der Waals surface area contributed by atoms with E-state index < -0.39 is 11.9 Å². The lowest BCUT2D eigenvalue weighted by molar-refractivity contribution is -0.134. The maximum Gasteiger partial charge on any atom is 0.259 e. The number of imide groups is 1. The highest BCUT2D eigenvalue weighted by atomic mass is 35.5. The van der Waals surface area contributed by atoms with Crippen molar-refractivity contribution < 1.29 is 14.4 Å². The number of nitrogens with one attached hydrogen (secondary N) is 1. The number of hydrogen-bond acceptors (Lipinski definition) is 4. The molecule has 0 saturated carbocycles. The van der Waals surface area contributed by atoms with Gasteiger partial charge in [0.05, 0.1) is 5.69 Å². The smallest absolute Gasteiger partial charge is 0.259 e. The van der Waals surface area contributed by atoms with E-state index in [4.69, 9.17) is 5.73 Å². The van der Waals surface area contributed by atoms with Gasteiger partial charge in [0.1, 0.15) is 6.04 Å². The minimum atomic E-state index is -0.663. The van der Waals surface area contributed by atoms with E-state index in [2.05, 4.69) is 5.32 Å². The summed E-state index contributed by atoms with van der Waals surface area (Å²) in [6, 6.07) is 8.21. The van der Waals surface area contributed by atoms with Crippen LogP contribution in [0, 0.1) is 0 Å². The maximum absolute atomic E-state index is 12.7. The number of carbonyl (C=O) groups excluding carboxylic acids is 3. The first-order valence-corrected chi connectivity index (χ1v) is 7.06. The summed E-state index contributed by atoms with van der Waals surface area (Å²) in [7, 11) is 0. The number of amides is 3. The monoisotopic (exact) mass is 331 g/mol. The fourth-order valence-corrected chi connectivity index (χ4v) is 3.27. The Bertz CT molecular complexity index is 865. The minimum Gasteiger partial charge on any atom is -0.398 e. The third-order valence-electron chi connectivity index (χ3n) is 4.28. The van der Waals surface area contributed by atoms with Crippen molar-refractivity contribution in [1.29, 1.82) is 0 Å². The molecule has 3 amide bonds. The Morgan fingerprint density at radius 3 is 2.65 bits per heavy atom. The summed E-state index contributed by atoms with van der Waals surface area (Å²) >= 11 is 0. The third-order valence-corrected chi connectivity index (χ3v) is 4.28. The van der Waals surface area contributed by atoms with Crippen molar-refractivity contribution in [2.75, 3.05) is 10.6 Å². The van der Waals surface area contributed by atoms with E-state index in [1.54, 1.807) is 24.3 Å². The van der Waals surface area contributed by atoms with Crippen LogP contribution in [0.4, 0.5) is 11.4 Å². The number of anilines is 2.